The third-order valence-electron chi connectivity index (χ3n) is 10.8. The molecule has 4 heterocycles. The van der Waals surface area contributed by atoms with E-state index in [1.807, 2.05) is 4.90 Å². The molecule has 2 aliphatic heterocycles. The minimum atomic E-state index is -4.30. The molecule has 0 spiro atoms. The van der Waals surface area contributed by atoms with Crippen molar-refractivity contribution in [3.8, 4) is 16.8 Å². The van der Waals surface area contributed by atoms with Crippen LogP contribution in [0.4, 0.5) is 14.5 Å². The third-order valence-corrected chi connectivity index (χ3v) is 15.3. The number of alkyl halides is 2. The normalized spacial score (nSPS) is 23.4. The molecule has 17 heteroatoms. The van der Waals surface area contributed by atoms with Crippen LogP contribution >= 0.6 is 11.3 Å². The van der Waals surface area contributed by atoms with E-state index in [1.54, 1.807) is 17.8 Å². The summed E-state index contributed by atoms with van der Waals surface area (Å²) >= 11 is 0.720. The molecule has 1 aromatic carbocycles. The lowest BCUT2D eigenvalue weighted by molar-refractivity contribution is -0.137. The number of amides is 1. The highest BCUT2D eigenvalue weighted by Crippen LogP contribution is 2.48. The second-order valence-electron chi connectivity index (χ2n) is 15.5. The van der Waals surface area contributed by atoms with Crippen molar-refractivity contribution < 1.29 is 26.7 Å². The fourth-order valence-corrected chi connectivity index (χ4v) is 11.0. The van der Waals surface area contributed by atoms with Crippen molar-refractivity contribution in [3.63, 3.8) is 0 Å². The summed E-state index contributed by atoms with van der Waals surface area (Å²) in [5.74, 6) is 0.413. The molecule has 2 aromatic heterocycles. The number of anilines is 1. The Bertz CT molecular complexity index is 1920. The van der Waals surface area contributed by atoms with Crippen LogP contribution in [0.15, 0.2) is 17.0 Å². The van der Waals surface area contributed by atoms with Gasteiger partial charge in [-0.2, -0.15) is 14.7 Å². The molecule has 2 saturated carbocycles. The molecule has 3 aromatic rings. The number of fused-ring (bicyclic) bond motifs is 3. The summed E-state index contributed by atoms with van der Waals surface area (Å²) in [5.41, 5.74) is 0.317. The quantitative estimate of drug-likeness (QED) is 0.134. The number of nitrogens with zero attached hydrogens (tertiary/aromatic N) is 8. The van der Waals surface area contributed by atoms with Crippen molar-refractivity contribution in [1.29, 1.82) is 5.26 Å². The lowest BCUT2D eigenvalue weighted by atomic mass is 9.83. The Morgan fingerprint density at radius 3 is 2.42 bits per heavy atom. The smallest absolute Gasteiger partial charge is 0.291 e. The molecule has 4 fully saturated rings. The number of nitriles is 1. The van der Waals surface area contributed by atoms with Gasteiger partial charge in [-0.1, -0.05) is 31.0 Å². The molecule has 2 aliphatic carbocycles. The topological polar surface area (TPSA) is 138 Å². The van der Waals surface area contributed by atoms with Gasteiger partial charge in [0.05, 0.1) is 22.2 Å². The molecule has 50 heavy (non-hydrogen) atoms. The number of hydrogen-bond acceptors (Lipinski definition) is 10. The third kappa shape index (κ3) is 6.46. The minimum absolute atomic E-state index is 0.0363. The number of hydrogen-bond donors (Lipinski definition) is 0. The van der Waals surface area contributed by atoms with Crippen molar-refractivity contribution in [2.75, 3.05) is 44.4 Å². The number of carbonyl (C=O) groups excluding carboxylic acids is 1. The van der Waals surface area contributed by atoms with Crippen molar-refractivity contribution in [1.82, 2.24) is 29.2 Å². The number of ether oxygens (including phenoxy) is 1. The van der Waals surface area contributed by atoms with Crippen molar-refractivity contribution in [2.24, 2.45) is 24.8 Å². The molecular formula is C33H44F2N8O4S2Si. The van der Waals surface area contributed by atoms with Gasteiger partial charge in [-0.05, 0) is 68.5 Å². The molecule has 2 atom stereocenters. The average Bonchev–Trinajstić information content (AvgIpc) is 3.46. The van der Waals surface area contributed by atoms with E-state index in [2.05, 4.69) is 45.9 Å². The highest BCUT2D eigenvalue weighted by molar-refractivity contribution is 7.89. The van der Waals surface area contributed by atoms with Crippen LogP contribution in [0.2, 0.25) is 25.7 Å². The second-order valence-corrected chi connectivity index (χ2v) is 24.0. The molecule has 270 valence electrons. The first-order valence-corrected chi connectivity index (χ1v) is 23.4. The van der Waals surface area contributed by atoms with E-state index in [4.69, 9.17) is 4.74 Å². The lowest BCUT2D eigenvalue weighted by Gasteiger charge is -2.40. The zero-order valence-corrected chi connectivity index (χ0v) is 31.6. The van der Waals surface area contributed by atoms with E-state index in [9.17, 15) is 27.3 Å². The highest BCUT2D eigenvalue weighted by atomic mass is 32.2. The molecule has 7 rings (SSSR count). The monoisotopic (exact) mass is 746 g/mol. The summed E-state index contributed by atoms with van der Waals surface area (Å²) in [6.07, 6.45) is 1.88. The van der Waals surface area contributed by atoms with Crippen molar-refractivity contribution in [3.05, 3.63) is 17.1 Å². The molecule has 2 unspecified atom stereocenters. The average molecular weight is 747 g/mol. The van der Waals surface area contributed by atoms with Gasteiger partial charge in [-0.25, -0.2) is 17.2 Å². The van der Waals surface area contributed by atoms with Gasteiger partial charge in [0.2, 0.25) is 15.9 Å². The number of rotatable bonds is 12. The first-order chi connectivity index (χ1) is 23.7. The summed E-state index contributed by atoms with van der Waals surface area (Å²) in [7, 11) is -4.02. The van der Waals surface area contributed by atoms with Crippen LogP contribution in [-0.2, 0) is 26.6 Å². The number of sulfonamides is 1. The Hall–Kier alpha value is -3.04. The van der Waals surface area contributed by atoms with E-state index < -0.39 is 35.1 Å². The van der Waals surface area contributed by atoms with E-state index in [0.29, 0.717) is 49.1 Å². The fourth-order valence-electron chi connectivity index (χ4n) is 7.92. The van der Waals surface area contributed by atoms with Gasteiger partial charge in [0.1, 0.15) is 18.0 Å². The van der Waals surface area contributed by atoms with Crippen LogP contribution in [0.1, 0.15) is 50.0 Å². The number of benzene rings is 1. The van der Waals surface area contributed by atoms with Crippen LogP contribution in [0, 0.1) is 29.1 Å². The van der Waals surface area contributed by atoms with Gasteiger partial charge in [0, 0.05) is 59.2 Å². The summed E-state index contributed by atoms with van der Waals surface area (Å²) < 4.78 is 65.3. The zero-order chi connectivity index (χ0) is 35.6. The van der Waals surface area contributed by atoms with Gasteiger partial charge >= 0.3 is 0 Å². The van der Waals surface area contributed by atoms with Crippen molar-refractivity contribution in [2.45, 2.75) is 81.1 Å². The van der Waals surface area contributed by atoms with Gasteiger partial charge in [-0.3, -0.25) is 9.48 Å². The van der Waals surface area contributed by atoms with E-state index in [-0.39, 0.29) is 46.0 Å². The Morgan fingerprint density at radius 1 is 1.16 bits per heavy atom. The Morgan fingerprint density at radius 2 is 1.84 bits per heavy atom. The standard InChI is InChI=1S/C33H44F2N8O4S2Si/c1-40-28-24(27(39-40)30-37-38-31(48-30)29(34)35)15-23(49(45,46)43(33(19-36)9-10-33)20-47-13-14-50(2,3)4)16-25(28)42-17-21-7-8-22(18-42)26(21)32(44)41-11-5-6-12-41/h15-16,21-22,26,29H,5-14,17-18,20H2,1-4H3. The number of carbonyl (C=O) groups is 1. The summed E-state index contributed by atoms with van der Waals surface area (Å²) in [6.45, 7) is 9.52. The first kappa shape index (κ1) is 35.4. The predicted octanol–water partition coefficient (Wildman–Crippen LogP) is 5.47. The molecule has 0 N–H and O–H groups in total. The summed E-state index contributed by atoms with van der Waals surface area (Å²) in [4.78, 5) is 17.8. The van der Waals surface area contributed by atoms with E-state index in [1.165, 1.54) is 10.4 Å². The predicted molar refractivity (Wildman–Crippen MR) is 188 cm³/mol. The molecule has 2 bridgehead atoms. The molecule has 2 saturated heterocycles. The van der Waals surface area contributed by atoms with Gasteiger partial charge in [0.15, 0.2) is 10.0 Å². The first-order valence-electron chi connectivity index (χ1n) is 17.4. The maximum absolute atomic E-state index is 14.7. The Kier molecular flexibility index (Phi) is 9.32. The van der Waals surface area contributed by atoms with E-state index in [0.717, 1.165) is 56.2 Å². The van der Waals surface area contributed by atoms with Gasteiger partial charge < -0.3 is 14.5 Å². The second kappa shape index (κ2) is 13.2. The van der Waals surface area contributed by atoms with Gasteiger partial charge in [0.25, 0.3) is 6.43 Å². The van der Waals surface area contributed by atoms with Crippen LogP contribution in [0.3, 0.4) is 0 Å². The lowest BCUT2D eigenvalue weighted by Crippen LogP contribution is -2.48. The van der Waals surface area contributed by atoms with Crippen LogP contribution in [0.25, 0.3) is 21.6 Å². The summed E-state index contributed by atoms with van der Waals surface area (Å²) in [6, 6.07) is 6.25. The number of halogens is 2. The van der Waals surface area contributed by atoms with E-state index >= 15 is 0 Å². The molecule has 4 aliphatic rings. The Balaban J connectivity index is 1.31. The van der Waals surface area contributed by atoms with Crippen LogP contribution in [0.5, 0.6) is 0 Å². The SMILES string of the molecule is Cn1nc(-c2nnc(C(F)F)s2)c2cc(S(=O)(=O)N(COCC[Si](C)(C)C)C3(C#N)CC3)cc(N3CC4CCC(C3)C4C(=O)N3CCCC3)c21. The largest absolute Gasteiger partial charge is 0.369 e. The molecule has 12 nitrogen and oxygen atoms in total. The number of likely N-dealkylation sites (tertiary alicyclic amines) is 1. The zero-order valence-electron chi connectivity index (χ0n) is 28.9. The minimum Gasteiger partial charge on any atom is -0.369 e. The molecule has 1 amide bonds. The number of piperidine rings is 1. The maximum atomic E-state index is 14.7. The van der Waals surface area contributed by atoms with Crippen LogP contribution in [-0.4, -0.2) is 96.6 Å². The number of aryl methyl sites for hydroxylation is 1. The van der Waals surface area contributed by atoms with Gasteiger partial charge in [-0.15, -0.1) is 10.2 Å². The Labute approximate surface area is 296 Å². The molecule has 0 radical (unpaired) electrons. The van der Waals surface area contributed by atoms with Crippen LogP contribution < -0.4 is 4.90 Å². The molecular weight excluding hydrogens is 703 g/mol. The fraction of sp³-hybridized carbons (Fsp3) is 0.667. The summed E-state index contributed by atoms with van der Waals surface area (Å²) in [5, 5.41) is 22.7. The maximum Gasteiger partial charge on any atom is 0.291 e. The number of aromatic nitrogens is 4. The van der Waals surface area contributed by atoms with Crippen molar-refractivity contribution >= 4 is 51.9 Å². The highest BCUT2D eigenvalue weighted by Gasteiger charge is 2.55.